The second kappa shape index (κ2) is 8.98. The van der Waals surface area contributed by atoms with Crippen molar-refractivity contribution in [1.82, 2.24) is 4.90 Å². The van der Waals surface area contributed by atoms with E-state index in [0.29, 0.717) is 24.7 Å². The first kappa shape index (κ1) is 18.9. The number of carbonyl (C=O) groups excluding carboxylic acids is 2. The lowest BCUT2D eigenvalue weighted by molar-refractivity contribution is -0.147. The van der Waals surface area contributed by atoms with Gasteiger partial charge in [-0.3, -0.25) is 9.59 Å². The molecule has 0 radical (unpaired) electrons. The highest BCUT2D eigenvalue weighted by Gasteiger charge is 2.26. The zero-order chi connectivity index (χ0) is 15.9. The van der Waals surface area contributed by atoms with E-state index < -0.39 is 0 Å². The van der Waals surface area contributed by atoms with E-state index in [0.717, 1.165) is 6.42 Å². The number of rotatable bonds is 8. The number of carbonyl (C=O) groups is 2. The zero-order valence-electron chi connectivity index (χ0n) is 14.1. The Kier molecular flexibility index (Phi) is 8.51. The average molecular weight is 285 g/mol. The number of hydrogen-bond donors (Lipinski definition) is 0. The van der Waals surface area contributed by atoms with Crippen LogP contribution in [0.4, 0.5) is 0 Å². The average Bonchev–Trinajstić information content (AvgIpc) is 2.33. The summed E-state index contributed by atoms with van der Waals surface area (Å²) in [5.74, 6) is 0.643. The molecule has 0 aromatic rings. The summed E-state index contributed by atoms with van der Waals surface area (Å²) in [7, 11) is 1.86. The molecular formula is C16H31NO3. The molecule has 0 bridgehead atoms. The van der Waals surface area contributed by atoms with Crippen molar-refractivity contribution in [3.05, 3.63) is 0 Å². The van der Waals surface area contributed by atoms with Gasteiger partial charge in [-0.25, -0.2) is 0 Å². The molecule has 1 amide bonds. The molecule has 0 fully saturated rings. The van der Waals surface area contributed by atoms with Crippen LogP contribution in [0.15, 0.2) is 0 Å². The maximum Gasteiger partial charge on any atom is 0.302 e. The van der Waals surface area contributed by atoms with E-state index in [1.54, 1.807) is 0 Å². The van der Waals surface area contributed by atoms with Crippen LogP contribution in [-0.4, -0.2) is 36.0 Å². The van der Waals surface area contributed by atoms with Gasteiger partial charge in [0.1, 0.15) is 6.10 Å². The molecular weight excluding hydrogens is 254 g/mol. The molecule has 0 N–H and O–H groups in total. The zero-order valence-corrected chi connectivity index (χ0v) is 14.1. The lowest BCUT2D eigenvalue weighted by atomic mass is 9.95. The van der Waals surface area contributed by atoms with Crippen LogP contribution < -0.4 is 0 Å². The maximum atomic E-state index is 12.3. The lowest BCUT2D eigenvalue weighted by Crippen LogP contribution is -2.43. The Morgan fingerprint density at radius 1 is 1.15 bits per heavy atom. The van der Waals surface area contributed by atoms with Gasteiger partial charge >= 0.3 is 5.97 Å². The van der Waals surface area contributed by atoms with Crippen LogP contribution >= 0.6 is 0 Å². The summed E-state index contributed by atoms with van der Waals surface area (Å²) >= 11 is 0. The fraction of sp³-hybridized carbons (Fsp3) is 0.875. The Balaban J connectivity index is 4.65. The van der Waals surface area contributed by atoms with Crippen LogP contribution in [0.1, 0.15) is 60.8 Å². The monoisotopic (exact) mass is 285 g/mol. The third kappa shape index (κ3) is 6.92. The van der Waals surface area contributed by atoms with E-state index in [4.69, 9.17) is 4.74 Å². The molecule has 3 atom stereocenters. The van der Waals surface area contributed by atoms with Gasteiger partial charge in [-0.1, -0.05) is 34.1 Å². The first-order chi connectivity index (χ1) is 9.18. The van der Waals surface area contributed by atoms with E-state index in [-0.39, 0.29) is 24.0 Å². The van der Waals surface area contributed by atoms with Gasteiger partial charge in [0.05, 0.1) is 0 Å². The summed E-state index contributed by atoms with van der Waals surface area (Å²) in [6, 6.07) is 0.0981. The lowest BCUT2D eigenvalue weighted by Gasteiger charge is -2.33. The topological polar surface area (TPSA) is 46.6 Å². The summed E-state index contributed by atoms with van der Waals surface area (Å²) in [6.07, 6.45) is 2.10. The van der Waals surface area contributed by atoms with E-state index in [9.17, 15) is 9.59 Å². The Labute approximate surface area is 123 Å². The molecule has 0 aliphatic heterocycles. The van der Waals surface area contributed by atoms with Crippen molar-refractivity contribution < 1.29 is 14.3 Å². The van der Waals surface area contributed by atoms with E-state index in [1.165, 1.54) is 6.92 Å². The van der Waals surface area contributed by atoms with Crippen molar-refractivity contribution in [1.29, 1.82) is 0 Å². The van der Waals surface area contributed by atoms with Gasteiger partial charge in [-0.2, -0.15) is 0 Å². The van der Waals surface area contributed by atoms with Crippen molar-refractivity contribution in [2.45, 2.75) is 73.0 Å². The van der Waals surface area contributed by atoms with Crippen LogP contribution in [-0.2, 0) is 14.3 Å². The predicted octanol–water partition coefficient (Wildman–Crippen LogP) is 3.25. The molecule has 0 spiro atoms. The molecule has 0 aliphatic carbocycles. The molecule has 0 heterocycles. The van der Waals surface area contributed by atoms with Crippen molar-refractivity contribution in [3.8, 4) is 0 Å². The quantitative estimate of drug-likeness (QED) is 0.643. The van der Waals surface area contributed by atoms with E-state index >= 15 is 0 Å². The van der Waals surface area contributed by atoms with Gasteiger partial charge in [-0.05, 0) is 18.8 Å². The second-order valence-corrected chi connectivity index (χ2v) is 6.19. The normalized spacial score (nSPS) is 15.6. The molecule has 20 heavy (non-hydrogen) atoms. The number of nitrogens with zero attached hydrogens (tertiary/aromatic N) is 1. The second-order valence-electron chi connectivity index (χ2n) is 6.19. The van der Waals surface area contributed by atoms with Crippen LogP contribution in [0, 0.1) is 11.8 Å². The highest BCUT2D eigenvalue weighted by molar-refractivity contribution is 5.76. The summed E-state index contributed by atoms with van der Waals surface area (Å²) in [5, 5.41) is 0. The van der Waals surface area contributed by atoms with Gasteiger partial charge < -0.3 is 9.64 Å². The van der Waals surface area contributed by atoms with Gasteiger partial charge in [0.2, 0.25) is 5.91 Å². The third-order valence-electron chi connectivity index (χ3n) is 3.82. The van der Waals surface area contributed by atoms with Gasteiger partial charge in [-0.15, -0.1) is 0 Å². The molecule has 0 rings (SSSR count). The Morgan fingerprint density at radius 3 is 2.10 bits per heavy atom. The molecule has 4 heteroatoms. The van der Waals surface area contributed by atoms with Crippen molar-refractivity contribution in [2.75, 3.05) is 7.05 Å². The van der Waals surface area contributed by atoms with E-state index in [1.807, 2.05) is 18.9 Å². The maximum absolute atomic E-state index is 12.3. The van der Waals surface area contributed by atoms with Gasteiger partial charge in [0.15, 0.2) is 0 Å². The third-order valence-corrected chi connectivity index (χ3v) is 3.82. The van der Waals surface area contributed by atoms with Crippen LogP contribution in [0.25, 0.3) is 0 Å². The molecule has 4 nitrogen and oxygen atoms in total. The molecule has 0 aromatic heterocycles. The molecule has 0 saturated heterocycles. The fourth-order valence-electron chi connectivity index (χ4n) is 2.32. The first-order valence-electron chi connectivity index (χ1n) is 7.61. The minimum Gasteiger partial charge on any atom is -0.463 e. The SMILES string of the molecule is CCC(C)CC(=O)N(C)C(CC(C)OC(C)=O)C(C)C. The number of hydrogen-bond acceptors (Lipinski definition) is 3. The minimum absolute atomic E-state index is 0.0981. The largest absolute Gasteiger partial charge is 0.463 e. The molecule has 0 aromatic carbocycles. The van der Waals surface area contributed by atoms with Crippen molar-refractivity contribution in [3.63, 3.8) is 0 Å². The summed E-state index contributed by atoms with van der Waals surface area (Å²) < 4.78 is 5.19. The number of esters is 1. The number of ether oxygens (including phenoxy) is 1. The Hall–Kier alpha value is -1.06. The fourth-order valence-corrected chi connectivity index (χ4v) is 2.32. The highest BCUT2D eigenvalue weighted by atomic mass is 16.5. The number of amides is 1. The van der Waals surface area contributed by atoms with Crippen LogP contribution in [0.2, 0.25) is 0 Å². The highest BCUT2D eigenvalue weighted by Crippen LogP contribution is 2.19. The summed E-state index contributed by atoms with van der Waals surface area (Å²) in [5.41, 5.74) is 0. The first-order valence-corrected chi connectivity index (χ1v) is 7.61. The van der Waals surface area contributed by atoms with Gasteiger partial charge in [0, 0.05) is 32.9 Å². The molecule has 0 saturated carbocycles. The van der Waals surface area contributed by atoms with Crippen molar-refractivity contribution >= 4 is 11.9 Å². The van der Waals surface area contributed by atoms with Gasteiger partial charge in [0.25, 0.3) is 0 Å². The predicted molar refractivity (Wildman–Crippen MR) is 81.3 cm³/mol. The Bertz CT molecular complexity index is 315. The summed E-state index contributed by atoms with van der Waals surface area (Å²) in [4.78, 5) is 25.1. The van der Waals surface area contributed by atoms with E-state index in [2.05, 4.69) is 27.7 Å². The molecule has 118 valence electrons. The standard InChI is InChI=1S/C16H31NO3/c1-8-12(4)9-16(19)17(7)15(11(2)3)10-13(5)20-14(6)18/h11-13,15H,8-10H2,1-7H3. The smallest absolute Gasteiger partial charge is 0.302 e. The molecule has 0 aliphatic rings. The molecule has 3 unspecified atom stereocenters. The Morgan fingerprint density at radius 2 is 1.70 bits per heavy atom. The van der Waals surface area contributed by atoms with Crippen molar-refractivity contribution in [2.24, 2.45) is 11.8 Å². The van der Waals surface area contributed by atoms with Crippen LogP contribution in [0.5, 0.6) is 0 Å². The van der Waals surface area contributed by atoms with Crippen LogP contribution in [0.3, 0.4) is 0 Å². The summed E-state index contributed by atoms with van der Waals surface area (Å²) in [6.45, 7) is 11.7. The minimum atomic E-state index is -0.270.